The van der Waals surface area contributed by atoms with Gasteiger partial charge in [0, 0.05) is 0 Å². The van der Waals surface area contributed by atoms with Crippen molar-refractivity contribution in [1.82, 2.24) is 0 Å². The van der Waals surface area contributed by atoms with Crippen LogP contribution in [-0.4, -0.2) is 30.0 Å². The van der Waals surface area contributed by atoms with Crippen molar-refractivity contribution in [1.29, 1.82) is 0 Å². The molecule has 0 amide bonds. The summed E-state index contributed by atoms with van der Waals surface area (Å²) in [5.41, 5.74) is 8.55. The zero-order valence-corrected chi connectivity index (χ0v) is 49.8. The summed E-state index contributed by atoms with van der Waals surface area (Å²) in [6.45, 7) is 14.0. The standard InChI is InChI=1S/C24H34O.C24H33O.C20H26.C4H8O.2Li/c2*1-3-5-8-17-22(20-13-9-6-10-14-20)18-23(19-24(25)4-2)21-15-11-7-12-16-21;1-2-3-6-13-20(19-14-9-5-10-15-19)17-16-18-11-7-4-8-12-18;1-2-4-3-5-4;;/h6-7,9-16,22-25H,3-5,8,17-19H2,1-2H3;6-7,9-16,22-24H,3-5,8,17-19H2,1-2H3;4-5,7-12,14-15,20H,2-3,6,13,16-17H2,1H3;4H,2-3H2,1H3;;/q;-1;;;2*+1. The molecule has 5 heteroatoms. The van der Waals surface area contributed by atoms with Crippen LogP contribution >= 0.6 is 0 Å². The van der Waals surface area contributed by atoms with E-state index in [-0.39, 0.29) is 43.8 Å². The van der Waals surface area contributed by atoms with Gasteiger partial charge in [-0.25, -0.2) is 0 Å². The topological polar surface area (TPSA) is 55.8 Å². The van der Waals surface area contributed by atoms with Gasteiger partial charge in [0.1, 0.15) is 0 Å². The Morgan fingerprint density at radius 1 is 0.403 bits per heavy atom. The molecule has 77 heavy (non-hydrogen) atoms. The van der Waals surface area contributed by atoms with Crippen LogP contribution in [0.4, 0.5) is 0 Å². The van der Waals surface area contributed by atoms with Crippen LogP contribution in [0.2, 0.25) is 0 Å². The van der Waals surface area contributed by atoms with Gasteiger partial charge in [-0.1, -0.05) is 294 Å². The molecule has 1 aliphatic rings. The molecule has 0 aliphatic carbocycles. The van der Waals surface area contributed by atoms with Gasteiger partial charge in [-0.2, -0.15) is 0 Å². The number of benzene rings is 6. The van der Waals surface area contributed by atoms with Gasteiger partial charge in [-0.05, 0) is 127 Å². The first kappa shape index (κ1) is 69.5. The fourth-order valence-corrected chi connectivity index (χ4v) is 10.6. The van der Waals surface area contributed by atoms with Gasteiger partial charge in [0.15, 0.2) is 0 Å². The largest absolute Gasteiger partial charge is 1.00 e. The molecule has 3 nitrogen and oxygen atoms in total. The van der Waals surface area contributed by atoms with Gasteiger partial charge >= 0.3 is 37.7 Å². The molecule has 6 aromatic carbocycles. The van der Waals surface area contributed by atoms with Gasteiger partial charge in [0.2, 0.25) is 0 Å². The molecule has 7 rings (SSSR count). The fraction of sp³-hybridized carbons (Fsp3) is 0.500. The minimum absolute atomic E-state index is 0. The van der Waals surface area contributed by atoms with Gasteiger partial charge in [-0.15, -0.1) is 6.10 Å². The molecule has 1 heterocycles. The van der Waals surface area contributed by atoms with Crippen molar-refractivity contribution in [3.05, 3.63) is 215 Å². The van der Waals surface area contributed by atoms with E-state index >= 15 is 0 Å². The second kappa shape index (κ2) is 44.2. The Kier molecular flexibility index (Phi) is 39.9. The Balaban J connectivity index is 0.000000374. The Morgan fingerprint density at radius 2 is 0.727 bits per heavy atom. The minimum Gasteiger partial charge on any atom is -0.852 e. The van der Waals surface area contributed by atoms with Gasteiger partial charge in [0.05, 0.1) is 18.8 Å². The third kappa shape index (κ3) is 30.0. The van der Waals surface area contributed by atoms with Crippen molar-refractivity contribution in [2.24, 2.45) is 0 Å². The number of hydrogen-bond acceptors (Lipinski definition) is 3. The average Bonchev–Trinajstić information content (AvgIpc) is 4.32. The number of unbranched alkanes of at least 4 members (excludes halogenated alkanes) is 6. The van der Waals surface area contributed by atoms with Crippen LogP contribution in [0.3, 0.4) is 0 Å². The number of aliphatic hydroxyl groups excluding tert-OH is 1. The third-order valence-electron chi connectivity index (χ3n) is 15.5. The Morgan fingerprint density at radius 3 is 1.04 bits per heavy atom. The molecule has 6 aromatic rings. The van der Waals surface area contributed by atoms with E-state index in [0.29, 0.717) is 35.7 Å². The summed E-state index contributed by atoms with van der Waals surface area (Å²) in [6.07, 6.45) is 24.4. The van der Waals surface area contributed by atoms with Crippen LogP contribution in [0.1, 0.15) is 233 Å². The summed E-state index contributed by atoms with van der Waals surface area (Å²) in [6, 6.07) is 65.2. The van der Waals surface area contributed by atoms with Crippen LogP contribution in [-0.2, 0) is 11.2 Å². The molecule has 0 radical (unpaired) electrons. The summed E-state index contributed by atoms with van der Waals surface area (Å²) in [5, 5.41) is 22.5. The predicted molar refractivity (Wildman–Crippen MR) is 322 cm³/mol. The maximum atomic E-state index is 12.3. The summed E-state index contributed by atoms with van der Waals surface area (Å²) in [4.78, 5) is 0. The van der Waals surface area contributed by atoms with Crippen molar-refractivity contribution in [2.75, 3.05) is 6.61 Å². The molecule has 8 unspecified atom stereocenters. The molecule has 408 valence electrons. The molecule has 1 N–H and O–H groups in total. The van der Waals surface area contributed by atoms with Crippen molar-refractivity contribution < 1.29 is 52.7 Å². The summed E-state index contributed by atoms with van der Waals surface area (Å²) in [7, 11) is 0. The second-order valence-corrected chi connectivity index (χ2v) is 21.4. The quantitative estimate of drug-likeness (QED) is 0.0268. The third-order valence-corrected chi connectivity index (χ3v) is 15.5. The van der Waals surface area contributed by atoms with E-state index in [0.717, 1.165) is 45.1 Å². The summed E-state index contributed by atoms with van der Waals surface area (Å²) in [5.74, 6) is 2.60. The minimum atomic E-state index is -0.461. The molecule has 0 spiro atoms. The fourth-order valence-electron chi connectivity index (χ4n) is 10.6. The van der Waals surface area contributed by atoms with E-state index in [2.05, 4.69) is 217 Å². The molecule has 8 atom stereocenters. The molecule has 0 aromatic heterocycles. The normalized spacial score (nSPS) is 15.0. The molecule has 0 bridgehead atoms. The van der Waals surface area contributed by atoms with Crippen LogP contribution < -0.4 is 42.8 Å². The first-order valence-electron chi connectivity index (χ1n) is 30.1. The zero-order chi connectivity index (χ0) is 53.6. The molecule has 1 fully saturated rings. The van der Waals surface area contributed by atoms with Gasteiger partial charge in [-0.3, -0.25) is 0 Å². The molecular weight excluding hydrogens is 927 g/mol. The van der Waals surface area contributed by atoms with E-state index in [1.54, 1.807) is 0 Å². The molecule has 1 aliphatic heterocycles. The van der Waals surface area contributed by atoms with Crippen molar-refractivity contribution in [2.45, 2.75) is 224 Å². The smallest absolute Gasteiger partial charge is 0.852 e. The van der Waals surface area contributed by atoms with E-state index in [4.69, 9.17) is 4.74 Å². The Hall–Kier alpha value is -3.61. The first-order chi connectivity index (χ1) is 36.8. The predicted octanol–water partition coefficient (Wildman–Crippen LogP) is 13.5. The van der Waals surface area contributed by atoms with Crippen molar-refractivity contribution in [3.63, 3.8) is 0 Å². The number of epoxide rings is 1. The van der Waals surface area contributed by atoms with Crippen molar-refractivity contribution in [3.8, 4) is 0 Å². The van der Waals surface area contributed by atoms with Crippen molar-refractivity contribution >= 4 is 0 Å². The summed E-state index contributed by atoms with van der Waals surface area (Å²) < 4.78 is 4.86. The monoisotopic (exact) mass is 1030 g/mol. The van der Waals surface area contributed by atoms with Crippen LogP contribution in [0.25, 0.3) is 0 Å². The maximum Gasteiger partial charge on any atom is 1.00 e. The first-order valence-corrected chi connectivity index (χ1v) is 30.1. The Bertz CT molecular complexity index is 2080. The van der Waals surface area contributed by atoms with Crippen LogP contribution in [0.15, 0.2) is 182 Å². The van der Waals surface area contributed by atoms with Gasteiger partial charge < -0.3 is 14.9 Å². The molecule has 1 saturated heterocycles. The Labute approximate surface area is 495 Å². The number of ether oxygens (including phenoxy) is 1. The van der Waals surface area contributed by atoms with E-state index in [1.807, 2.05) is 6.92 Å². The summed E-state index contributed by atoms with van der Waals surface area (Å²) >= 11 is 0. The van der Waals surface area contributed by atoms with Crippen LogP contribution in [0.5, 0.6) is 0 Å². The van der Waals surface area contributed by atoms with E-state index in [9.17, 15) is 10.2 Å². The maximum absolute atomic E-state index is 12.3. The zero-order valence-electron chi connectivity index (χ0n) is 49.8. The second-order valence-electron chi connectivity index (χ2n) is 21.4. The van der Waals surface area contributed by atoms with E-state index in [1.165, 1.54) is 130 Å². The van der Waals surface area contributed by atoms with E-state index < -0.39 is 6.10 Å². The number of aliphatic hydroxyl groups is 1. The van der Waals surface area contributed by atoms with Crippen LogP contribution in [0, 0.1) is 0 Å². The number of hydrogen-bond donors (Lipinski definition) is 1. The molecule has 0 saturated carbocycles. The number of rotatable bonds is 31. The number of aryl methyl sites for hydroxylation is 1. The van der Waals surface area contributed by atoms with Gasteiger partial charge in [0.25, 0.3) is 0 Å². The molecular formula is C72H101Li2O3+. The SMILES string of the molecule is CCC1CO1.CCCCCC(CC(CC(O)CC)c1ccccc1)c1ccccc1.CCCCCC(CC(CC([O-])CC)c1ccccc1)c1ccccc1.CCCCCC(CCc1ccccc1)c1ccccc1.[Li+].[Li+]. The average molecular weight is 1030 g/mol.